The molecule has 2 fully saturated rings. The predicted molar refractivity (Wildman–Crippen MR) is 159 cm³/mol. The molecule has 13 heteroatoms. The number of imidazole rings is 1. The van der Waals surface area contributed by atoms with Gasteiger partial charge in [-0.05, 0) is 36.3 Å². The molecule has 1 saturated carbocycles. The molecule has 1 saturated heterocycles. The highest BCUT2D eigenvalue weighted by Gasteiger charge is 2.33. The van der Waals surface area contributed by atoms with E-state index in [4.69, 9.17) is 35.5 Å². The van der Waals surface area contributed by atoms with Crippen LogP contribution in [0, 0.1) is 11.8 Å². The molecule has 4 aromatic heterocycles. The standard InChI is InChI=1S/C30H31ClN8O4/c1-18-7-9-19(10-8-18)16-39-24-25(35-29(39)38-13-14-41-17-22(38)20-5-3-2-4-6-20)33-26(28-36-37-30(40)43-28)34-27(24)42-23-12-11-21(31)15-32-23/h2-6,11-12,15,18-19,22H,7-10,13-14,16-17H2,1H3,(H,37,40)/t18-,19-,22?. The van der Waals surface area contributed by atoms with Crippen molar-refractivity contribution in [1.82, 2.24) is 34.7 Å². The van der Waals surface area contributed by atoms with Gasteiger partial charge in [-0.2, -0.15) is 9.97 Å². The minimum absolute atomic E-state index is 0.0454. The summed E-state index contributed by atoms with van der Waals surface area (Å²) in [7, 11) is 0. The number of morpholine rings is 1. The number of hydrogen-bond acceptors (Lipinski definition) is 10. The van der Waals surface area contributed by atoms with E-state index in [0.29, 0.717) is 47.7 Å². The van der Waals surface area contributed by atoms with E-state index in [-0.39, 0.29) is 23.6 Å². The first kappa shape index (κ1) is 27.5. The second kappa shape index (κ2) is 11.8. The molecule has 5 aromatic rings. The second-order valence-electron chi connectivity index (χ2n) is 11.2. The number of aromatic nitrogens is 7. The van der Waals surface area contributed by atoms with Crippen molar-refractivity contribution in [3.8, 4) is 23.5 Å². The van der Waals surface area contributed by atoms with Gasteiger partial charge in [0.15, 0.2) is 11.2 Å². The van der Waals surface area contributed by atoms with Crippen LogP contribution in [-0.2, 0) is 11.3 Å². The van der Waals surface area contributed by atoms with Crippen molar-refractivity contribution in [3.05, 3.63) is 69.8 Å². The van der Waals surface area contributed by atoms with Crippen molar-refractivity contribution in [2.45, 2.75) is 45.2 Å². The van der Waals surface area contributed by atoms with Crippen LogP contribution in [0.2, 0.25) is 5.02 Å². The van der Waals surface area contributed by atoms with Crippen LogP contribution in [0.3, 0.4) is 0 Å². The number of nitrogens with one attached hydrogen (secondary N) is 1. The number of benzene rings is 1. The van der Waals surface area contributed by atoms with E-state index in [1.807, 2.05) is 18.2 Å². The maximum absolute atomic E-state index is 11.8. The molecule has 1 atom stereocenters. The highest BCUT2D eigenvalue weighted by Crippen LogP contribution is 2.38. The zero-order chi connectivity index (χ0) is 29.3. The van der Waals surface area contributed by atoms with Gasteiger partial charge in [0.25, 0.3) is 11.8 Å². The lowest BCUT2D eigenvalue weighted by molar-refractivity contribution is 0.0927. The van der Waals surface area contributed by atoms with Crippen LogP contribution < -0.4 is 15.4 Å². The number of H-pyrrole nitrogens is 1. The Kier molecular flexibility index (Phi) is 7.54. The van der Waals surface area contributed by atoms with Crippen LogP contribution in [0.1, 0.15) is 44.2 Å². The molecule has 12 nitrogen and oxygen atoms in total. The lowest BCUT2D eigenvalue weighted by atomic mass is 9.83. The molecule has 0 radical (unpaired) electrons. The van der Waals surface area contributed by atoms with Crippen LogP contribution in [-0.4, -0.2) is 54.5 Å². The number of nitrogens with zero attached hydrogens (tertiary/aromatic N) is 7. The van der Waals surface area contributed by atoms with Crippen LogP contribution in [0.25, 0.3) is 22.9 Å². The molecule has 2 aliphatic rings. The van der Waals surface area contributed by atoms with Gasteiger partial charge < -0.3 is 23.4 Å². The molecular weight excluding hydrogens is 572 g/mol. The number of hydrogen-bond donors (Lipinski definition) is 1. The summed E-state index contributed by atoms with van der Waals surface area (Å²) < 4.78 is 19.6. The fourth-order valence-electron chi connectivity index (χ4n) is 5.96. The number of ether oxygens (including phenoxy) is 2. The summed E-state index contributed by atoms with van der Waals surface area (Å²) in [5, 5.41) is 6.70. The average Bonchev–Trinajstić information content (AvgIpc) is 3.63. The summed E-state index contributed by atoms with van der Waals surface area (Å²) in [6.45, 7) is 4.79. The van der Waals surface area contributed by atoms with E-state index in [9.17, 15) is 4.79 Å². The molecule has 5 heterocycles. The van der Waals surface area contributed by atoms with Crippen molar-refractivity contribution in [2.75, 3.05) is 24.7 Å². The minimum atomic E-state index is -0.711. The number of anilines is 1. The minimum Gasteiger partial charge on any atom is -0.418 e. The van der Waals surface area contributed by atoms with Crippen LogP contribution in [0.15, 0.2) is 57.9 Å². The third kappa shape index (κ3) is 5.72. The van der Waals surface area contributed by atoms with Gasteiger partial charge in [0.1, 0.15) is 0 Å². The Morgan fingerprint density at radius 2 is 1.91 bits per heavy atom. The Morgan fingerprint density at radius 3 is 2.65 bits per heavy atom. The molecule has 0 amide bonds. The van der Waals surface area contributed by atoms with E-state index < -0.39 is 5.76 Å². The van der Waals surface area contributed by atoms with Crippen LogP contribution in [0.5, 0.6) is 11.8 Å². The first-order chi connectivity index (χ1) is 21.0. The van der Waals surface area contributed by atoms with Gasteiger partial charge >= 0.3 is 5.76 Å². The smallest absolute Gasteiger partial charge is 0.418 e. The topological polar surface area (TPSA) is 137 Å². The monoisotopic (exact) mass is 602 g/mol. The number of rotatable bonds is 7. The summed E-state index contributed by atoms with van der Waals surface area (Å²) >= 11 is 6.09. The summed E-state index contributed by atoms with van der Waals surface area (Å²) in [6.07, 6.45) is 6.13. The normalized spacial score (nSPS) is 20.9. The van der Waals surface area contributed by atoms with Gasteiger partial charge in [-0.3, -0.25) is 0 Å². The Bertz CT molecular complexity index is 1760. The molecule has 1 unspecified atom stereocenters. The maximum atomic E-state index is 11.8. The van der Waals surface area contributed by atoms with Gasteiger partial charge in [0.05, 0.1) is 24.3 Å². The van der Waals surface area contributed by atoms with Gasteiger partial charge in [0.2, 0.25) is 17.7 Å². The Balaban J connectivity index is 1.41. The fraction of sp³-hybridized carbons (Fsp3) is 0.400. The van der Waals surface area contributed by atoms with E-state index >= 15 is 0 Å². The molecule has 1 aliphatic heterocycles. The molecule has 1 aromatic carbocycles. The lowest BCUT2D eigenvalue weighted by Crippen LogP contribution is -2.41. The van der Waals surface area contributed by atoms with E-state index in [2.05, 4.69) is 48.7 Å². The van der Waals surface area contributed by atoms with Crippen molar-refractivity contribution in [1.29, 1.82) is 0 Å². The Morgan fingerprint density at radius 1 is 1.07 bits per heavy atom. The van der Waals surface area contributed by atoms with Gasteiger partial charge in [-0.25, -0.2) is 19.9 Å². The largest absolute Gasteiger partial charge is 0.434 e. The molecule has 7 rings (SSSR count). The summed E-state index contributed by atoms with van der Waals surface area (Å²) in [5.41, 5.74) is 2.17. The SMILES string of the molecule is C[C@H]1CC[C@H](Cn2c(N3CCOCC3c3ccccc3)nc3nc(-c4n[nH]c(=O)o4)nc(Oc4ccc(Cl)cn4)c32)CC1. The van der Waals surface area contributed by atoms with Crippen molar-refractivity contribution >= 4 is 28.7 Å². The highest BCUT2D eigenvalue weighted by molar-refractivity contribution is 6.30. The van der Waals surface area contributed by atoms with Gasteiger partial charge in [-0.1, -0.05) is 61.7 Å². The lowest BCUT2D eigenvalue weighted by Gasteiger charge is -2.37. The summed E-state index contributed by atoms with van der Waals surface area (Å²) in [6, 6.07) is 13.6. The fourth-order valence-corrected chi connectivity index (χ4v) is 6.07. The van der Waals surface area contributed by atoms with Crippen molar-refractivity contribution in [3.63, 3.8) is 0 Å². The molecule has 1 N–H and O–H groups in total. The van der Waals surface area contributed by atoms with Crippen molar-refractivity contribution in [2.24, 2.45) is 11.8 Å². The average molecular weight is 603 g/mol. The quantitative estimate of drug-likeness (QED) is 0.257. The van der Waals surface area contributed by atoms with Gasteiger partial charge in [0, 0.05) is 25.4 Å². The molecule has 222 valence electrons. The summed E-state index contributed by atoms with van der Waals surface area (Å²) in [4.78, 5) is 32.9. The summed E-state index contributed by atoms with van der Waals surface area (Å²) in [5.74, 6) is 1.76. The first-order valence-electron chi connectivity index (χ1n) is 14.5. The van der Waals surface area contributed by atoms with Crippen molar-refractivity contribution < 1.29 is 13.9 Å². The third-order valence-electron chi connectivity index (χ3n) is 8.23. The first-order valence-corrected chi connectivity index (χ1v) is 14.9. The van der Waals surface area contributed by atoms with E-state index in [0.717, 1.165) is 36.8 Å². The van der Waals surface area contributed by atoms with E-state index in [1.54, 1.807) is 12.1 Å². The Labute approximate surface area is 252 Å². The Hall–Kier alpha value is -4.29. The second-order valence-corrected chi connectivity index (χ2v) is 11.6. The van der Waals surface area contributed by atoms with Crippen LogP contribution in [0.4, 0.5) is 5.95 Å². The number of pyridine rings is 1. The zero-order valence-electron chi connectivity index (χ0n) is 23.6. The van der Waals surface area contributed by atoms with E-state index in [1.165, 1.54) is 19.0 Å². The number of aromatic amines is 1. The number of halogens is 1. The maximum Gasteiger partial charge on any atom is 0.434 e. The highest BCUT2D eigenvalue weighted by atomic mass is 35.5. The third-order valence-corrected chi connectivity index (χ3v) is 8.45. The van der Waals surface area contributed by atoms with Gasteiger partial charge in [-0.15, -0.1) is 5.10 Å². The zero-order valence-corrected chi connectivity index (χ0v) is 24.4. The molecule has 43 heavy (non-hydrogen) atoms. The molecular formula is C30H31ClN8O4. The number of fused-ring (bicyclic) bond motifs is 1. The molecule has 1 aliphatic carbocycles. The molecule has 0 bridgehead atoms. The predicted octanol–water partition coefficient (Wildman–Crippen LogP) is 5.41. The molecule has 0 spiro atoms. The van der Waals surface area contributed by atoms with Crippen LogP contribution >= 0.6 is 11.6 Å².